The Bertz CT molecular complexity index is 1240. The lowest BCUT2D eigenvalue weighted by Crippen LogP contribution is -2.52. The zero-order valence-electron chi connectivity index (χ0n) is 21.0. The number of rotatable bonds is 10. The summed E-state index contributed by atoms with van der Waals surface area (Å²) < 4.78 is 0. The monoisotopic (exact) mass is 500 g/mol. The number of benzene rings is 3. The van der Waals surface area contributed by atoms with E-state index in [0.717, 1.165) is 27.8 Å². The van der Waals surface area contributed by atoms with Crippen molar-refractivity contribution in [2.24, 2.45) is 5.92 Å². The summed E-state index contributed by atoms with van der Waals surface area (Å²) in [5.41, 5.74) is 5.08. The highest BCUT2D eigenvalue weighted by Crippen LogP contribution is 2.46. The van der Waals surface area contributed by atoms with Crippen molar-refractivity contribution < 1.29 is 24.6 Å². The molecule has 0 bridgehead atoms. The van der Waals surface area contributed by atoms with Crippen LogP contribution in [0.4, 0.5) is 0 Å². The number of hydrogen-bond acceptors (Lipinski definition) is 4. The molecule has 0 heterocycles. The molecule has 2 atom stereocenters. The molecule has 0 spiro atoms. The molecule has 0 radical (unpaired) electrons. The lowest BCUT2D eigenvalue weighted by Gasteiger charge is -2.23. The molecule has 0 fully saturated rings. The molecule has 1 aliphatic carbocycles. The number of carboxylic acid groups (broad SMARTS) is 1. The summed E-state index contributed by atoms with van der Waals surface area (Å²) in [6.07, 6.45) is 0.585. The minimum Gasteiger partial charge on any atom is -0.508 e. The number of carbonyl (C=O) groups is 3. The van der Waals surface area contributed by atoms with E-state index in [0.29, 0.717) is 0 Å². The zero-order chi connectivity index (χ0) is 26.5. The number of aliphatic carboxylic acids is 1. The largest absolute Gasteiger partial charge is 0.508 e. The second-order valence-electron chi connectivity index (χ2n) is 9.95. The van der Waals surface area contributed by atoms with E-state index in [1.807, 2.05) is 62.4 Å². The van der Waals surface area contributed by atoms with Crippen molar-refractivity contribution in [2.75, 3.05) is 0 Å². The number of amides is 2. The van der Waals surface area contributed by atoms with Gasteiger partial charge in [-0.1, -0.05) is 74.5 Å². The van der Waals surface area contributed by atoms with Crippen LogP contribution in [0.2, 0.25) is 0 Å². The van der Waals surface area contributed by atoms with E-state index in [9.17, 15) is 24.6 Å². The van der Waals surface area contributed by atoms with Crippen molar-refractivity contribution >= 4 is 17.8 Å². The van der Waals surface area contributed by atoms with Gasteiger partial charge in [0.1, 0.15) is 17.8 Å². The number of fused-ring (bicyclic) bond motifs is 3. The fourth-order valence-electron chi connectivity index (χ4n) is 4.96. The lowest BCUT2D eigenvalue weighted by atomic mass is 9.93. The minimum absolute atomic E-state index is 0.0639. The van der Waals surface area contributed by atoms with Gasteiger partial charge in [0.15, 0.2) is 0 Å². The van der Waals surface area contributed by atoms with Gasteiger partial charge in [0, 0.05) is 18.8 Å². The molecule has 2 amide bonds. The Morgan fingerprint density at radius 2 is 1.38 bits per heavy atom. The number of hydrogen-bond donors (Lipinski definition) is 4. The van der Waals surface area contributed by atoms with E-state index in [-0.39, 0.29) is 42.8 Å². The third kappa shape index (κ3) is 6.17. The average Bonchev–Trinajstić information content (AvgIpc) is 3.18. The van der Waals surface area contributed by atoms with Crippen molar-refractivity contribution in [1.82, 2.24) is 10.6 Å². The van der Waals surface area contributed by atoms with Crippen LogP contribution in [-0.4, -0.2) is 40.1 Å². The van der Waals surface area contributed by atoms with Crippen LogP contribution in [-0.2, 0) is 20.8 Å². The van der Waals surface area contributed by atoms with Gasteiger partial charge in [0.2, 0.25) is 11.8 Å². The van der Waals surface area contributed by atoms with E-state index in [1.54, 1.807) is 12.1 Å². The Balaban J connectivity index is 1.54. The molecule has 37 heavy (non-hydrogen) atoms. The van der Waals surface area contributed by atoms with Gasteiger partial charge >= 0.3 is 5.97 Å². The number of aromatic hydroxyl groups is 1. The first-order chi connectivity index (χ1) is 17.7. The maximum atomic E-state index is 13.3. The molecule has 1 aliphatic rings. The van der Waals surface area contributed by atoms with Crippen LogP contribution in [0.25, 0.3) is 11.1 Å². The van der Waals surface area contributed by atoms with Crippen LogP contribution in [0.3, 0.4) is 0 Å². The number of carbonyl (C=O) groups excluding carboxylic acids is 2. The number of phenolic OH excluding ortho intramolecular Hbond substituents is 1. The van der Waals surface area contributed by atoms with Crippen molar-refractivity contribution in [3.63, 3.8) is 0 Å². The van der Waals surface area contributed by atoms with Gasteiger partial charge in [-0.2, -0.15) is 0 Å². The maximum absolute atomic E-state index is 13.3. The smallest absolute Gasteiger partial charge is 0.326 e. The molecule has 7 nitrogen and oxygen atoms in total. The summed E-state index contributed by atoms with van der Waals surface area (Å²) in [5, 5.41) is 24.7. The fourth-order valence-corrected chi connectivity index (χ4v) is 4.96. The van der Waals surface area contributed by atoms with Gasteiger partial charge < -0.3 is 20.8 Å². The molecule has 0 aliphatic heterocycles. The number of phenols is 1. The molecule has 0 saturated heterocycles. The molecular formula is C30H32N2O5. The van der Waals surface area contributed by atoms with Crippen LogP contribution in [0.5, 0.6) is 5.75 Å². The molecule has 0 unspecified atom stereocenters. The standard InChI is InChI=1S/C30H32N2O5/c1-18(2)15-27(30(36)37)32-29(35)26(16-19-11-13-20(33)14-12-19)31-28(34)17-25-23-9-5-3-7-21(23)22-8-4-6-10-24(22)25/h3-14,18,25-27,33H,15-17H2,1-2H3,(H,31,34)(H,32,35)(H,36,37)/t26-,27-/m0/s1. The summed E-state index contributed by atoms with van der Waals surface area (Å²) in [4.78, 5) is 38.3. The van der Waals surface area contributed by atoms with Crippen LogP contribution >= 0.6 is 0 Å². The first-order valence-electron chi connectivity index (χ1n) is 12.5. The van der Waals surface area contributed by atoms with Gasteiger partial charge in [-0.3, -0.25) is 9.59 Å². The number of nitrogens with one attached hydrogen (secondary N) is 2. The van der Waals surface area contributed by atoms with E-state index in [1.165, 1.54) is 12.1 Å². The SMILES string of the molecule is CC(C)C[C@H](NC(=O)[C@H](Cc1ccc(O)cc1)NC(=O)CC1c2ccccc2-c2ccccc21)C(=O)O. The second-order valence-corrected chi connectivity index (χ2v) is 9.95. The highest BCUT2D eigenvalue weighted by molar-refractivity contribution is 5.91. The highest BCUT2D eigenvalue weighted by atomic mass is 16.4. The minimum atomic E-state index is -1.11. The highest BCUT2D eigenvalue weighted by Gasteiger charge is 2.32. The Kier molecular flexibility index (Phi) is 7.92. The second kappa shape index (κ2) is 11.3. The van der Waals surface area contributed by atoms with Crippen LogP contribution < -0.4 is 10.6 Å². The topological polar surface area (TPSA) is 116 Å². The first-order valence-corrected chi connectivity index (χ1v) is 12.5. The molecule has 0 saturated carbocycles. The summed E-state index contributed by atoms with van der Waals surface area (Å²) in [6.45, 7) is 3.77. The van der Waals surface area contributed by atoms with Crippen LogP contribution in [0.1, 0.15) is 49.3 Å². The van der Waals surface area contributed by atoms with Gasteiger partial charge in [0.25, 0.3) is 0 Å². The summed E-state index contributed by atoms with van der Waals surface area (Å²) in [5.74, 6) is -1.95. The normalized spacial score (nSPS) is 13.9. The van der Waals surface area contributed by atoms with E-state index in [2.05, 4.69) is 10.6 Å². The Morgan fingerprint density at radius 1 is 0.811 bits per heavy atom. The Labute approximate surface area is 216 Å². The Morgan fingerprint density at radius 3 is 1.92 bits per heavy atom. The van der Waals surface area contributed by atoms with E-state index < -0.39 is 24.0 Å². The van der Waals surface area contributed by atoms with Crippen LogP contribution in [0.15, 0.2) is 72.8 Å². The molecule has 7 heteroatoms. The predicted molar refractivity (Wildman–Crippen MR) is 141 cm³/mol. The molecule has 4 rings (SSSR count). The van der Waals surface area contributed by atoms with Crippen molar-refractivity contribution in [3.05, 3.63) is 89.5 Å². The molecule has 3 aromatic carbocycles. The van der Waals surface area contributed by atoms with Crippen molar-refractivity contribution in [2.45, 2.75) is 51.1 Å². The fraction of sp³-hybridized carbons (Fsp3) is 0.300. The summed E-state index contributed by atoms with van der Waals surface area (Å²) in [6, 6.07) is 20.4. The lowest BCUT2D eigenvalue weighted by molar-refractivity contribution is -0.142. The van der Waals surface area contributed by atoms with Gasteiger partial charge in [-0.25, -0.2) is 4.79 Å². The molecule has 0 aromatic heterocycles. The summed E-state index contributed by atoms with van der Waals surface area (Å²) in [7, 11) is 0. The molecule has 3 aromatic rings. The van der Waals surface area contributed by atoms with Crippen LogP contribution in [0, 0.1) is 5.92 Å². The zero-order valence-corrected chi connectivity index (χ0v) is 21.0. The van der Waals surface area contributed by atoms with E-state index >= 15 is 0 Å². The number of carboxylic acids is 1. The maximum Gasteiger partial charge on any atom is 0.326 e. The van der Waals surface area contributed by atoms with E-state index in [4.69, 9.17) is 0 Å². The molecule has 4 N–H and O–H groups in total. The average molecular weight is 501 g/mol. The third-order valence-corrected chi connectivity index (χ3v) is 6.70. The third-order valence-electron chi connectivity index (χ3n) is 6.70. The van der Waals surface area contributed by atoms with Gasteiger partial charge in [-0.05, 0) is 52.3 Å². The first kappa shape index (κ1) is 25.9. The molecular weight excluding hydrogens is 468 g/mol. The molecule has 192 valence electrons. The van der Waals surface area contributed by atoms with Gasteiger partial charge in [0.05, 0.1) is 0 Å². The summed E-state index contributed by atoms with van der Waals surface area (Å²) >= 11 is 0. The van der Waals surface area contributed by atoms with Crippen molar-refractivity contribution in [3.8, 4) is 16.9 Å². The Hall–Kier alpha value is -4.13. The predicted octanol–water partition coefficient (Wildman–Crippen LogP) is 4.24. The van der Waals surface area contributed by atoms with Gasteiger partial charge in [-0.15, -0.1) is 0 Å². The van der Waals surface area contributed by atoms with Crippen molar-refractivity contribution in [1.29, 1.82) is 0 Å². The quantitative estimate of drug-likeness (QED) is 0.332.